The fourth-order valence-electron chi connectivity index (χ4n) is 9.68. The van der Waals surface area contributed by atoms with Crippen molar-refractivity contribution in [3.63, 3.8) is 0 Å². The molecular weight excluding hydrogens is 577 g/mol. The summed E-state index contributed by atoms with van der Waals surface area (Å²) in [6.45, 7) is 5.52. The normalized spacial score (nSPS) is 26.7. The topological polar surface area (TPSA) is 86.4 Å². The van der Waals surface area contributed by atoms with Gasteiger partial charge in [0.05, 0.1) is 11.7 Å². The zero-order chi connectivity index (χ0) is 31.4. The second kappa shape index (κ2) is 11.8. The Morgan fingerprint density at radius 3 is 2.78 bits per heavy atom. The van der Waals surface area contributed by atoms with Crippen LogP contribution in [0.4, 0.5) is 4.39 Å². The monoisotopic (exact) mass is 621 g/mol. The molecule has 0 radical (unpaired) electrons. The number of fused-ring (bicyclic) bond motifs is 5. The first-order valence-corrected chi connectivity index (χ1v) is 17.2. The highest BCUT2D eigenvalue weighted by Gasteiger charge is 2.55. The maximum absolute atomic E-state index is 14.3. The molecule has 0 bridgehead atoms. The first-order valence-electron chi connectivity index (χ1n) is 17.2. The van der Waals surface area contributed by atoms with Crippen LogP contribution in [0.5, 0.6) is 5.75 Å². The number of amides is 1. The van der Waals surface area contributed by atoms with Crippen LogP contribution in [0.1, 0.15) is 84.0 Å². The lowest BCUT2D eigenvalue weighted by molar-refractivity contribution is -0.0642. The fourth-order valence-corrected chi connectivity index (χ4v) is 9.68. The molecule has 7 heteroatoms. The van der Waals surface area contributed by atoms with E-state index in [1.807, 2.05) is 12.1 Å². The minimum atomic E-state index is -0.409. The van der Waals surface area contributed by atoms with E-state index in [-0.39, 0.29) is 11.3 Å². The third-order valence-corrected chi connectivity index (χ3v) is 11.9. The molecule has 1 aromatic heterocycles. The van der Waals surface area contributed by atoms with Gasteiger partial charge >= 0.3 is 0 Å². The molecule has 1 aliphatic heterocycles. The van der Waals surface area contributed by atoms with Crippen molar-refractivity contribution in [1.82, 2.24) is 15.6 Å². The van der Waals surface area contributed by atoms with E-state index in [4.69, 9.17) is 4.74 Å². The van der Waals surface area contributed by atoms with Crippen LogP contribution in [0.2, 0.25) is 0 Å². The number of aromatic hydroxyl groups is 1. The third-order valence-electron chi connectivity index (χ3n) is 11.9. The van der Waals surface area contributed by atoms with Crippen LogP contribution < -0.4 is 10.6 Å². The van der Waals surface area contributed by atoms with Gasteiger partial charge in [-0.3, -0.25) is 4.79 Å². The Hall–Kier alpha value is -3.68. The lowest BCUT2D eigenvalue weighted by Gasteiger charge is -2.50. The van der Waals surface area contributed by atoms with E-state index in [0.29, 0.717) is 41.8 Å². The Morgan fingerprint density at radius 1 is 1.04 bits per heavy atom. The summed E-state index contributed by atoms with van der Waals surface area (Å²) in [7, 11) is 0. The Kier molecular flexibility index (Phi) is 7.65. The van der Waals surface area contributed by atoms with Gasteiger partial charge in [-0.05, 0) is 133 Å². The number of aromatic amines is 1. The molecule has 6 nitrogen and oxygen atoms in total. The van der Waals surface area contributed by atoms with Crippen LogP contribution in [0.25, 0.3) is 22.2 Å². The van der Waals surface area contributed by atoms with Crippen LogP contribution >= 0.6 is 0 Å². The molecule has 1 amide bonds. The number of carbonyl (C=O) groups is 1. The van der Waals surface area contributed by atoms with Crippen molar-refractivity contribution in [2.45, 2.75) is 76.9 Å². The van der Waals surface area contributed by atoms with Crippen LogP contribution in [0.3, 0.4) is 0 Å². The van der Waals surface area contributed by atoms with Gasteiger partial charge in [-0.15, -0.1) is 0 Å². The van der Waals surface area contributed by atoms with E-state index in [2.05, 4.69) is 52.9 Å². The molecule has 0 saturated heterocycles. The summed E-state index contributed by atoms with van der Waals surface area (Å²) in [6, 6.07) is 17.4. The molecule has 5 atom stereocenters. The summed E-state index contributed by atoms with van der Waals surface area (Å²) < 4.78 is 20.9. The summed E-state index contributed by atoms with van der Waals surface area (Å²) in [4.78, 5) is 15.9. The highest BCUT2D eigenvalue weighted by Crippen LogP contribution is 2.61. The average Bonchev–Trinajstić information content (AvgIpc) is 3.53. The van der Waals surface area contributed by atoms with E-state index >= 15 is 0 Å². The average molecular weight is 622 g/mol. The predicted molar refractivity (Wildman–Crippen MR) is 179 cm³/mol. The molecule has 3 aliphatic carbocycles. The number of hydrogen-bond acceptors (Lipinski definition) is 4. The van der Waals surface area contributed by atoms with Gasteiger partial charge in [0.1, 0.15) is 11.6 Å². The summed E-state index contributed by atoms with van der Waals surface area (Å²) >= 11 is 0. The van der Waals surface area contributed by atoms with E-state index < -0.39 is 5.82 Å². The van der Waals surface area contributed by atoms with Gasteiger partial charge in [-0.2, -0.15) is 0 Å². The maximum atomic E-state index is 14.3. The smallest absolute Gasteiger partial charge is 0.252 e. The Labute approximate surface area is 270 Å². The van der Waals surface area contributed by atoms with Crippen molar-refractivity contribution in [3.05, 3.63) is 88.2 Å². The van der Waals surface area contributed by atoms with Crippen molar-refractivity contribution in [3.8, 4) is 17.0 Å². The summed E-state index contributed by atoms with van der Waals surface area (Å²) in [6.07, 6.45) is 9.28. The molecule has 0 unspecified atom stereocenters. The van der Waals surface area contributed by atoms with Crippen molar-refractivity contribution >= 4 is 16.8 Å². The highest BCUT2D eigenvalue weighted by molar-refractivity contribution is 6.10. The number of ether oxygens (including phenoxy) is 1. The van der Waals surface area contributed by atoms with Gasteiger partial charge in [0, 0.05) is 36.3 Å². The fraction of sp³-hybridized carbons (Fsp3) is 0.462. The molecule has 2 fully saturated rings. The minimum absolute atomic E-state index is 0.219. The van der Waals surface area contributed by atoms with Crippen molar-refractivity contribution in [2.75, 3.05) is 19.7 Å². The maximum Gasteiger partial charge on any atom is 0.252 e. The number of aromatic nitrogens is 1. The van der Waals surface area contributed by atoms with Gasteiger partial charge in [-0.1, -0.05) is 37.3 Å². The lowest BCUT2D eigenvalue weighted by Crippen LogP contribution is -2.44. The second-order valence-corrected chi connectivity index (χ2v) is 14.4. The standard InChI is InChI=1S/C39H44FN3O3/c1-39-15-13-29-28-10-8-27(44)19-25(28)7-9-30(29)33(39)11-12-35(39)46-18-2-16-41-22-23-3-5-24(6-4-23)37-31-14-17-42-38(45)32-20-26(40)21-34(43-37)36(31)32/h3-6,8,10,19-21,29-30,33,35,41,43-44H,2,7,9,11-18,22H2,1H3,(H,42,45)/t29-,30-,33+,35+,39+/m1/s1. The number of carbonyl (C=O) groups excluding carboxylic acids is 1. The predicted octanol–water partition coefficient (Wildman–Crippen LogP) is 7.39. The first kappa shape index (κ1) is 29.7. The Bertz CT molecular complexity index is 1780. The van der Waals surface area contributed by atoms with Gasteiger partial charge in [0.15, 0.2) is 0 Å². The number of benzene rings is 3. The molecule has 4 aromatic rings. The molecule has 2 saturated carbocycles. The third kappa shape index (κ3) is 5.12. The second-order valence-electron chi connectivity index (χ2n) is 14.4. The van der Waals surface area contributed by atoms with Crippen molar-refractivity contribution < 1.29 is 19.0 Å². The number of rotatable bonds is 8. The summed E-state index contributed by atoms with van der Waals surface area (Å²) in [5, 5.41) is 17.3. The molecule has 3 aromatic carbocycles. The molecule has 46 heavy (non-hydrogen) atoms. The van der Waals surface area contributed by atoms with Crippen LogP contribution in [-0.2, 0) is 24.1 Å². The number of phenols is 1. The van der Waals surface area contributed by atoms with Crippen LogP contribution in [0, 0.1) is 23.1 Å². The first-order chi connectivity index (χ1) is 22.4. The lowest BCUT2D eigenvalue weighted by atomic mass is 9.55. The summed E-state index contributed by atoms with van der Waals surface area (Å²) in [5.74, 6) is 1.88. The molecule has 4 aliphatic rings. The van der Waals surface area contributed by atoms with Crippen LogP contribution in [0.15, 0.2) is 54.6 Å². The molecule has 240 valence electrons. The van der Waals surface area contributed by atoms with Crippen LogP contribution in [-0.4, -0.2) is 41.8 Å². The molecular formula is C39H44FN3O3. The molecule has 4 N–H and O–H groups in total. The number of hydrogen-bond donors (Lipinski definition) is 4. The molecule has 2 heterocycles. The Balaban J connectivity index is 0.833. The number of phenolic OH excluding ortho intramolecular Hbond substituents is 1. The highest BCUT2D eigenvalue weighted by atomic mass is 19.1. The zero-order valence-electron chi connectivity index (χ0n) is 26.6. The van der Waals surface area contributed by atoms with Gasteiger partial charge in [0.2, 0.25) is 0 Å². The molecule has 0 spiro atoms. The Morgan fingerprint density at radius 2 is 1.91 bits per heavy atom. The summed E-state index contributed by atoms with van der Waals surface area (Å²) in [5.41, 5.74) is 8.47. The van der Waals surface area contributed by atoms with E-state index in [1.165, 1.54) is 60.9 Å². The zero-order valence-corrected chi connectivity index (χ0v) is 26.6. The number of H-pyrrole nitrogens is 1. The SMILES string of the molecule is C[C@]12CC[C@@H]3c4ccc(O)cc4CC[C@H]3[C@@H]1CC[C@@H]2OCCCNCc1ccc(-c2[nH]c3cc(F)cc4c3c2CCNC4=O)cc1. The molecule has 8 rings (SSSR count). The largest absolute Gasteiger partial charge is 0.508 e. The van der Waals surface area contributed by atoms with E-state index in [0.717, 1.165) is 66.6 Å². The number of nitrogens with one attached hydrogen (secondary N) is 3. The number of aryl methyl sites for hydroxylation is 1. The van der Waals surface area contributed by atoms with Crippen molar-refractivity contribution in [2.24, 2.45) is 17.3 Å². The minimum Gasteiger partial charge on any atom is -0.508 e. The van der Waals surface area contributed by atoms with Gasteiger partial charge in [-0.25, -0.2) is 4.39 Å². The quantitative estimate of drug-likeness (QED) is 0.155. The number of halogens is 1. The van der Waals surface area contributed by atoms with Gasteiger partial charge < -0.3 is 25.5 Å². The van der Waals surface area contributed by atoms with Gasteiger partial charge in [0.25, 0.3) is 5.91 Å². The van der Waals surface area contributed by atoms with E-state index in [1.54, 1.807) is 0 Å². The van der Waals surface area contributed by atoms with E-state index in [9.17, 15) is 14.3 Å². The van der Waals surface area contributed by atoms with Crippen molar-refractivity contribution in [1.29, 1.82) is 0 Å².